The summed E-state index contributed by atoms with van der Waals surface area (Å²) in [5.41, 5.74) is 10.0. The SMILES string of the molecule is C[C@@H]1OC(N)=N[C@@](CF)(c2cc(NC(=O)c3ccc(CN)cn3)ccc2F)[C@@H]1CF. The molecule has 0 spiro atoms. The fourth-order valence-electron chi connectivity index (χ4n) is 3.49. The molecule has 1 aliphatic rings. The molecule has 10 heteroatoms. The monoisotopic (exact) mass is 421 g/mol. The van der Waals surface area contributed by atoms with Crippen molar-refractivity contribution in [1.29, 1.82) is 0 Å². The largest absolute Gasteiger partial charge is 0.462 e. The van der Waals surface area contributed by atoms with E-state index in [0.29, 0.717) is 0 Å². The second-order valence-corrected chi connectivity index (χ2v) is 7.00. The maximum absolute atomic E-state index is 14.7. The van der Waals surface area contributed by atoms with Crippen LogP contribution in [-0.4, -0.2) is 36.4 Å². The second kappa shape index (κ2) is 8.70. The molecule has 3 atom stereocenters. The normalized spacial score (nSPS) is 23.4. The average Bonchev–Trinajstić information content (AvgIpc) is 2.74. The average molecular weight is 421 g/mol. The van der Waals surface area contributed by atoms with E-state index in [4.69, 9.17) is 16.2 Å². The summed E-state index contributed by atoms with van der Waals surface area (Å²) in [5, 5.41) is 2.57. The van der Waals surface area contributed by atoms with Gasteiger partial charge >= 0.3 is 0 Å². The number of hydrogen-bond acceptors (Lipinski definition) is 6. The lowest BCUT2D eigenvalue weighted by Gasteiger charge is -2.41. The molecule has 160 valence electrons. The van der Waals surface area contributed by atoms with E-state index in [-0.39, 0.29) is 29.5 Å². The number of pyridine rings is 1. The van der Waals surface area contributed by atoms with Crippen LogP contribution >= 0.6 is 0 Å². The van der Waals surface area contributed by atoms with Gasteiger partial charge in [-0.1, -0.05) is 6.07 Å². The van der Waals surface area contributed by atoms with E-state index in [1.54, 1.807) is 6.07 Å². The molecule has 0 fully saturated rings. The molecule has 1 amide bonds. The minimum Gasteiger partial charge on any atom is -0.462 e. The van der Waals surface area contributed by atoms with Gasteiger partial charge in [-0.15, -0.1) is 0 Å². The zero-order valence-corrected chi connectivity index (χ0v) is 16.2. The number of halogens is 3. The van der Waals surface area contributed by atoms with Crippen molar-refractivity contribution in [2.45, 2.75) is 25.1 Å². The summed E-state index contributed by atoms with van der Waals surface area (Å²) in [6, 6.07) is 6.37. The van der Waals surface area contributed by atoms with Crippen molar-refractivity contribution >= 4 is 17.6 Å². The molecule has 0 radical (unpaired) electrons. The molecule has 0 bridgehead atoms. The van der Waals surface area contributed by atoms with Crippen LogP contribution in [0.2, 0.25) is 0 Å². The highest BCUT2D eigenvalue weighted by Crippen LogP contribution is 2.42. The maximum Gasteiger partial charge on any atom is 0.283 e. The van der Waals surface area contributed by atoms with Crippen molar-refractivity contribution in [1.82, 2.24) is 4.98 Å². The molecular weight excluding hydrogens is 399 g/mol. The number of nitrogens with one attached hydrogen (secondary N) is 1. The number of amidine groups is 1. The van der Waals surface area contributed by atoms with Gasteiger partial charge in [-0.2, -0.15) is 0 Å². The van der Waals surface area contributed by atoms with Crippen LogP contribution in [0.25, 0.3) is 0 Å². The van der Waals surface area contributed by atoms with Gasteiger partial charge in [0, 0.05) is 24.0 Å². The molecule has 1 aliphatic heterocycles. The number of nitrogens with two attached hydrogens (primary N) is 2. The van der Waals surface area contributed by atoms with E-state index in [0.717, 1.165) is 11.6 Å². The summed E-state index contributed by atoms with van der Waals surface area (Å²) in [5.74, 6) is -2.48. The first-order valence-electron chi connectivity index (χ1n) is 9.25. The molecule has 7 nitrogen and oxygen atoms in total. The number of benzene rings is 1. The third-order valence-corrected chi connectivity index (χ3v) is 5.15. The molecular formula is C20H22F3N5O2. The lowest BCUT2D eigenvalue weighted by Crippen LogP contribution is -2.50. The van der Waals surface area contributed by atoms with Gasteiger partial charge in [-0.05, 0) is 36.8 Å². The van der Waals surface area contributed by atoms with E-state index in [1.807, 2.05) is 0 Å². The Morgan fingerprint density at radius 2 is 2.07 bits per heavy atom. The van der Waals surface area contributed by atoms with Gasteiger partial charge in [0.2, 0.25) is 0 Å². The van der Waals surface area contributed by atoms with Gasteiger partial charge in [0.15, 0.2) is 0 Å². The number of hydrogen-bond donors (Lipinski definition) is 3. The predicted octanol–water partition coefficient (Wildman–Crippen LogP) is 2.42. The first-order chi connectivity index (χ1) is 14.3. The van der Waals surface area contributed by atoms with Crippen molar-refractivity contribution in [3.8, 4) is 0 Å². The summed E-state index contributed by atoms with van der Waals surface area (Å²) >= 11 is 0. The predicted molar refractivity (Wildman–Crippen MR) is 106 cm³/mol. The topological polar surface area (TPSA) is 116 Å². The standard InChI is InChI=1S/C20H22F3N5O2/c1-11-15(7-21)20(10-22,28-19(25)30-11)14-6-13(3-4-16(14)23)27-18(29)17-5-2-12(8-24)9-26-17/h2-6,9,11,15H,7-8,10,24H2,1H3,(H2,25,28)(H,27,29)/t11-,15+,20-/m0/s1. The summed E-state index contributed by atoms with van der Waals surface area (Å²) in [6.45, 7) is -0.415. The molecule has 30 heavy (non-hydrogen) atoms. The Bertz CT molecular complexity index is 954. The quantitative estimate of drug-likeness (QED) is 0.663. The maximum atomic E-state index is 14.7. The molecule has 1 aromatic heterocycles. The highest BCUT2D eigenvalue weighted by Gasteiger charge is 2.49. The summed E-state index contributed by atoms with van der Waals surface area (Å²) in [4.78, 5) is 20.4. The Kier molecular flexibility index (Phi) is 6.25. The Morgan fingerprint density at radius 3 is 2.67 bits per heavy atom. The van der Waals surface area contributed by atoms with Crippen LogP contribution in [0.3, 0.4) is 0 Å². The minimum atomic E-state index is -1.91. The van der Waals surface area contributed by atoms with Crippen LogP contribution in [-0.2, 0) is 16.8 Å². The van der Waals surface area contributed by atoms with Gasteiger partial charge in [0.1, 0.15) is 29.8 Å². The van der Waals surface area contributed by atoms with Crippen molar-refractivity contribution in [3.05, 3.63) is 59.2 Å². The Balaban J connectivity index is 1.97. The third-order valence-electron chi connectivity index (χ3n) is 5.15. The van der Waals surface area contributed by atoms with Crippen LogP contribution in [0.1, 0.15) is 28.5 Å². The number of rotatable bonds is 6. The molecule has 2 heterocycles. The minimum absolute atomic E-state index is 0.113. The van der Waals surface area contributed by atoms with Gasteiger partial charge < -0.3 is 21.5 Å². The number of carbonyl (C=O) groups excluding carboxylic acids is 1. The zero-order chi connectivity index (χ0) is 21.9. The number of amides is 1. The van der Waals surface area contributed by atoms with Crippen LogP contribution in [0.15, 0.2) is 41.5 Å². The molecule has 0 saturated heterocycles. The molecule has 0 saturated carbocycles. The lowest BCUT2D eigenvalue weighted by atomic mass is 9.76. The lowest BCUT2D eigenvalue weighted by molar-refractivity contribution is 0.0242. The number of carbonyl (C=O) groups is 1. The fourth-order valence-corrected chi connectivity index (χ4v) is 3.49. The molecule has 3 rings (SSSR count). The van der Waals surface area contributed by atoms with Crippen LogP contribution in [0.5, 0.6) is 0 Å². The first-order valence-corrected chi connectivity index (χ1v) is 9.25. The Labute approximate surface area is 171 Å². The van der Waals surface area contributed by atoms with Crippen LogP contribution in [0.4, 0.5) is 18.9 Å². The van der Waals surface area contributed by atoms with E-state index in [1.165, 1.54) is 31.3 Å². The number of aliphatic imine (C=N–C) groups is 1. The first kappa shape index (κ1) is 21.6. The van der Waals surface area contributed by atoms with Gasteiger partial charge in [-0.3, -0.25) is 14.2 Å². The number of anilines is 1. The van der Waals surface area contributed by atoms with E-state index >= 15 is 0 Å². The van der Waals surface area contributed by atoms with E-state index in [2.05, 4.69) is 15.3 Å². The third kappa shape index (κ3) is 3.95. The van der Waals surface area contributed by atoms with Crippen LogP contribution in [0, 0.1) is 11.7 Å². The number of alkyl halides is 2. The molecule has 2 aromatic rings. The van der Waals surface area contributed by atoms with Crippen molar-refractivity contribution in [3.63, 3.8) is 0 Å². The summed E-state index contributed by atoms with van der Waals surface area (Å²) in [7, 11) is 0. The second-order valence-electron chi connectivity index (χ2n) is 7.00. The summed E-state index contributed by atoms with van der Waals surface area (Å²) in [6.07, 6.45) is 0.640. The summed E-state index contributed by atoms with van der Waals surface area (Å²) < 4.78 is 47.9. The van der Waals surface area contributed by atoms with Gasteiger partial charge in [0.05, 0.1) is 12.6 Å². The molecule has 0 aliphatic carbocycles. The smallest absolute Gasteiger partial charge is 0.283 e. The Hall–Kier alpha value is -3.14. The van der Waals surface area contributed by atoms with Crippen LogP contribution < -0.4 is 16.8 Å². The number of ether oxygens (including phenoxy) is 1. The molecule has 5 N–H and O–H groups in total. The Morgan fingerprint density at radius 1 is 1.30 bits per heavy atom. The number of aromatic nitrogens is 1. The van der Waals surface area contributed by atoms with Crippen molar-refractivity contribution < 1.29 is 22.7 Å². The van der Waals surface area contributed by atoms with Gasteiger partial charge in [-0.25, -0.2) is 13.8 Å². The fraction of sp³-hybridized carbons (Fsp3) is 0.350. The van der Waals surface area contributed by atoms with Crippen molar-refractivity contribution in [2.75, 3.05) is 18.7 Å². The number of nitrogens with zero attached hydrogens (tertiary/aromatic N) is 2. The highest BCUT2D eigenvalue weighted by atomic mass is 19.1. The van der Waals surface area contributed by atoms with Crippen molar-refractivity contribution in [2.24, 2.45) is 22.4 Å². The molecule has 0 unspecified atom stereocenters. The van der Waals surface area contributed by atoms with E-state index in [9.17, 15) is 18.0 Å². The molecule has 1 aromatic carbocycles. The highest BCUT2D eigenvalue weighted by molar-refractivity contribution is 6.02. The zero-order valence-electron chi connectivity index (χ0n) is 16.2. The van der Waals surface area contributed by atoms with Gasteiger partial charge in [0.25, 0.3) is 11.9 Å². The van der Waals surface area contributed by atoms with E-state index < -0.39 is 42.6 Å².